The summed E-state index contributed by atoms with van der Waals surface area (Å²) < 4.78 is 10.4. The van der Waals surface area contributed by atoms with E-state index in [2.05, 4.69) is 15.2 Å². The molecule has 4 aromatic carbocycles. The monoisotopic (exact) mass is 485 g/mol. The van der Waals surface area contributed by atoms with E-state index in [9.17, 15) is 9.59 Å². The van der Waals surface area contributed by atoms with Crippen LogP contribution in [0.4, 0.5) is 0 Å². The maximum absolute atomic E-state index is 12.7. The third-order valence-electron chi connectivity index (χ3n) is 6.21. The Morgan fingerprint density at radius 1 is 0.730 bits per heavy atom. The predicted molar refractivity (Wildman–Crippen MR) is 141 cm³/mol. The third-order valence-corrected chi connectivity index (χ3v) is 6.21. The van der Waals surface area contributed by atoms with Crippen LogP contribution in [0.1, 0.15) is 10.6 Å². The van der Waals surface area contributed by atoms with E-state index in [0.29, 0.717) is 33.5 Å². The molecule has 6 rings (SSSR count). The first-order chi connectivity index (χ1) is 18.1. The lowest BCUT2D eigenvalue weighted by atomic mass is 9.98. The standard InChI is InChI=1S/C30H19N3O4/c1-36-30(35)29-31-26(21-13-11-19(12-14-21)18-7-3-2-4-8-18)27(32-33-29)24-17-25(34)37-28-22-10-6-5-9-20(22)15-16-23(24)28/h2-17H,1H3. The van der Waals surface area contributed by atoms with E-state index in [-0.39, 0.29) is 5.82 Å². The van der Waals surface area contributed by atoms with Gasteiger partial charge < -0.3 is 9.15 Å². The topological polar surface area (TPSA) is 95.2 Å². The molecule has 0 saturated heterocycles. The SMILES string of the molecule is COC(=O)c1nnc(-c2cc(=O)oc3c2ccc2ccccc23)c(-c2ccc(-c3ccccc3)cc2)n1. The fourth-order valence-corrected chi connectivity index (χ4v) is 4.42. The van der Waals surface area contributed by atoms with Crippen LogP contribution in [0.2, 0.25) is 0 Å². The highest BCUT2D eigenvalue weighted by atomic mass is 16.5. The number of esters is 1. The molecule has 6 aromatic rings. The summed E-state index contributed by atoms with van der Waals surface area (Å²) in [5.41, 5.74) is 3.99. The number of methoxy groups -OCH3 is 1. The molecule has 0 atom stereocenters. The normalized spacial score (nSPS) is 11.1. The van der Waals surface area contributed by atoms with Crippen molar-refractivity contribution in [2.24, 2.45) is 0 Å². The number of carbonyl (C=O) groups excluding carboxylic acids is 1. The minimum Gasteiger partial charge on any atom is -0.463 e. The highest BCUT2D eigenvalue weighted by Gasteiger charge is 2.21. The van der Waals surface area contributed by atoms with Crippen molar-refractivity contribution >= 4 is 27.7 Å². The van der Waals surface area contributed by atoms with E-state index >= 15 is 0 Å². The van der Waals surface area contributed by atoms with Crippen LogP contribution < -0.4 is 5.63 Å². The molecule has 178 valence electrons. The molecule has 7 heteroatoms. The molecule has 2 heterocycles. The highest BCUT2D eigenvalue weighted by molar-refractivity contribution is 6.09. The van der Waals surface area contributed by atoms with E-state index in [1.165, 1.54) is 13.2 Å². The summed E-state index contributed by atoms with van der Waals surface area (Å²) in [4.78, 5) is 29.4. The van der Waals surface area contributed by atoms with E-state index in [0.717, 1.165) is 21.9 Å². The van der Waals surface area contributed by atoms with Crippen LogP contribution >= 0.6 is 0 Å². The Labute approximate surface area is 211 Å². The van der Waals surface area contributed by atoms with E-state index < -0.39 is 11.6 Å². The molecule has 0 aliphatic carbocycles. The number of benzene rings is 4. The summed E-state index contributed by atoms with van der Waals surface area (Å²) in [6.45, 7) is 0. The summed E-state index contributed by atoms with van der Waals surface area (Å²) in [6, 6.07) is 30.6. The second kappa shape index (κ2) is 9.13. The van der Waals surface area contributed by atoms with E-state index in [4.69, 9.17) is 9.15 Å². The van der Waals surface area contributed by atoms with Crippen LogP contribution in [0.25, 0.3) is 55.4 Å². The average molecular weight is 485 g/mol. The van der Waals surface area contributed by atoms with Crippen molar-refractivity contribution < 1.29 is 13.9 Å². The van der Waals surface area contributed by atoms with Crippen LogP contribution in [0.15, 0.2) is 106 Å². The van der Waals surface area contributed by atoms with Crippen molar-refractivity contribution in [2.75, 3.05) is 7.11 Å². The molecule has 0 N–H and O–H groups in total. The van der Waals surface area contributed by atoms with Crippen LogP contribution in [0, 0.1) is 0 Å². The Kier molecular flexibility index (Phi) is 5.50. The summed E-state index contributed by atoms with van der Waals surface area (Å²) in [7, 11) is 1.26. The zero-order valence-corrected chi connectivity index (χ0v) is 19.7. The Balaban J connectivity index is 1.59. The molecule has 0 saturated carbocycles. The largest absolute Gasteiger partial charge is 0.463 e. The van der Waals surface area contributed by atoms with Gasteiger partial charge in [-0.3, -0.25) is 0 Å². The van der Waals surface area contributed by atoms with Crippen molar-refractivity contribution in [2.45, 2.75) is 0 Å². The van der Waals surface area contributed by atoms with Gasteiger partial charge in [-0.2, -0.15) is 0 Å². The van der Waals surface area contributed by atoms with Gasteiger partial charge in [-0.15, -0.1) is 10.2 Å². The molecule has 0 fully saturated rings. The average Bonchev–Trinajstić information content (AvgIpc) is 2.96. The zero-order chi connectivity index (χ0) is 25.4. The number of fused-ring (bicyclic) bond motifs is 3. The van der Waals surface area contributed by atoms with Gasteiger partial charge in [-0.1, -0.05) is 84.9 Å². The molecule has 37 heavy (non-hydrogen) atoms. The molecule has 0 spiro atoms. The molecule has 2 aromatic heterocycles. The van der Waals surface area contributed by atoms with Crippen molar-refractivity contribution in [1.29, 1.82) is 0 Å². The van der Waals surface area contributed by atoms with Crippen LogP contribution in [0.5, 0.6) is 0 Å². The van der Waals surface area contributed by atoms with Crippen LogP contribution in [-0.2, 0) is 4.74 Å². The second-order valence-electron chi connectivity index (χ2n) is 8.41. The molecule has 0 unspecified atom stereocenters. The predicted octanol–water partition coefficient (Wildman–Crippen LogP) is 5.92. The van der Waals surface area contributed by atoms with Crippen LogP contribution in [0.3, 0.4) is 0 Å². The lowest BCUT2D eigenvalue weighted by molar-refractivity contribution is 0.0585. The van der Waals surface area contributed by atoms with Gasteiger partial charge in [0.15, 0.2) is 0 Å². The van der Waals surface area contributed by atoms with E-state index in [1.54, 1.807) is 0 Å². The minimum atomic E-state index is -0.704. The molecule has 7 nitrogen and oxygen atoms in total. The number of carbonyl (C=O) groups is 1. The van der Waals surface area contributed by atoms with Gasteiger partial charge in [0, 0.05) is 28.0 Å². The zero-order valence-electron chi connectivity index (χ0n) is 19.7. The summed E-state index contributed by atoms with van der Waals surface area (Å²) in [5, 5.41) is 10.8. The second-order valence-corrected chi connectivity index (χ2v) is 8.41. The maximum atomic E-state index is 12.7. The number of rotatable bonds is 4. The summed E-state index contributed by atoms with van der Waals surface area (Å²) >= 11 is 0. The summed E-state index contributed by atoms with van der Waals surface area (Å²) in [6.07, 6.45) is 0. The van der Waals surface area contributed by atoms with Gasteiger partial charge in [0.2, 0.25) is 0 Å². The lowest BCUT2D eigenvalue weighted by Crippen LogP contribution is -2.11. The van der Waals surface area contributed by atoms with Gasteiger partial charge in [0.05, 0.1) is 7.11 Å². The molecular formula is C30H19N3O4. The Hall–Kier alpha value is -5.17. The summed E-state index contributed by atoms with van der Waals surface area (Å²) in [5.74, 6) is -0.879. The Morgan fingerprint density at radius 2 is 1.43 bits per heavy atom. The van der Waals surface area contributed by atoms with Crippen molar-refractivity contribution in [3.05, 3.63) is 113 Å². The molecule has 0 bridgehead atoms. The Morgan fingerprint density at radius 3 is 2.22 bits per heavy atom. The van der Waals surface area contributed by atoms with Gasteiger partial charge in [-0.25, -0.2) is 14.6 Å². The first-order valence-electron chi connectivity index (χ1n) is 11.6. The molecule has 0 aliphatic heterocycles. The van der Waals surface area contributed by atoms with Gasteiger partial charge >= 0.3 is 11.6 Å². The Bertz CT molecular complexity index is 1850. The fraction of sp³-hybridized carbons (Fsp3) is 0.0333. The van der Waals surface area contributed by atoms with Gasteiger partial charge in [0.25, 0.3) is 5.82 Å². The quantitative estimate of drug-likeness (QED) is 0.174. The smallest absolute Gasteiger partial charge is 0.378 e. The van der Waals surface area contributed by atoms with Gasteiger partial charge in [0.1, 0.15) is 17.0 Å². The molecular weight excluding hydrogens is 466 g/mol. The first-order valence-corrected chi connectivity index (χ1v) is 11.6. The highest BCUT2D eigenvalue weighted by Crippen LogP contribution is 2.35. The lowest BCUT2D eigenvalue weighted by Gasteiger charge is -2.12. The number of hydrogen-bond donors (Lipinski definition) is 0. The number of aromatic nitrogens is 3. The maximum Gasteiger partial charge on any atom is 0.378 e. The molecule has 0 aliphatic rings. The number of hydrogen-bond acceptors (Lipinski definition) is 7. The van der Waals surface area contributed by atoms with E-state index in [1.807, 2.05) is 91.0 Å². The number of nitrogens with zero attached hydrogens (tertiary/aromatic N) is 3. The van der Waals surface area contributed by atoms with Crippen LogP contribution in [-0.4, -0.2) is 28.3 Å². The molecule has 0 radical (unpaired) electrons. The minimum absolute atomic E-state index is 0.175. The fourth-order valence-electron chi connectivity index (χ4n) is 4.42. The third kappa shape index (κ3) is 4.02. The molecule has 0 amide bonds. The van der Waals surface area contributed by atoms with Crippen molar-refractivity contribution in [3.8, 4) is 33.6 Å². The number of ether oxygens (including phenoxy) is 1. The van der Waals surface area contributed by atoms with Crippen molar-refractivity contribution in [3.63, 3.8) is 0 Å². The first kappa shape index (κ1) is 22.3. The van der Waals surface area contributed by atoms with Crippen molar-refractivity contribution in [1.82, 2.24) is 15.2 Å². The van der Waals surface area contributed by atoms with Gasteiger partial charge in [-0.05, 0) is 22.6 Å².